The van der Waals surface area contributed by atoms with Gasteiger partial charge in [-0.2, -0.15) is 0 Å². The molecule has 0 radical (unpaired) electrons. The number of ether oxygens (including phenoxy) is 1. The highest BCUT2D eigenvalue weighted by Crippen LogP contribution is 2.24. The highest BCUT2D eigenvalue weighted by molar-refractivity contribution is 6.30. The molecule has 3 rings (SSSR count). The largest absolute Gasteiger partial charge is 0.417 e. The molecule has 0 unspecified atom stereocenters. The number of benzene rings is 2. The molecule has 0 bridgehead atoms. The van der Waals surface area contributed by atoms with E-state index in [9.17, 15) is 4.79 Å². The lowest BCUT2D eigenvalue weighted by Crippen LogP contribution is -2.51. The van der Waals surface area contributed by atoms with Crippen LogP contribution in [0.15, 0.2) is 48.7 Å². The Morgan fingerprint density at radius 3 is 2.74 bits per heavy atom. The summed E-state index contributed by atoms with van der Waals surface area (Å²) in [5.41, 5.74) is 6.68. The number of fused-ring (bicyclic) bond motifs is 1. The van der Waals surface area contributed by atoms with Gasteiger partial charge in [-0.3, -0.25) is 5.32 Å². The Bertz CT molecular complexity index is 827. The number of halogens is 1. The van der Waals surface area contributed by atoms with E-state index in [-0.39, 0.29) is 0 Å². The summed E-state index contributed by atoms with van der Waals surface area (Å²) < 4.78 is 5.35. The molecule has 0 atom stereocenters. The van der Waals surface area contributed by atoms with Crippen LogP contribution < -0.4 is 15.8 Å². The predicted octanol–water partition coefficient (Wildman–Crippen LogP) is 3.22. The Hall–Kier alpha value is -2.50. The van der Waals surface area contributed by atoms with Gasteiger partial charge in [0.25, 0.3) is 0 Å². The van der Waals surface area contributed by atoms with Gasteiger partial charge in [-0.25, -0.2) is 4.79 Å². The van der Waals surface area contributed by atoms with Crippen molar-refractivity contribution in [3.05, 3.63) is 59.2 Å². The second-order valence-electron chi connectivity index (χ2n) is 5.15. The van der Waals surface area contributed by atoms with Gasteiger partial charge in [0.15, 0.2) is 0 Å². The van der Waals surface area contributed by atoms with Gasteiger partial charge in [0.1, 0.15) is 5.75 Å². The van der Waals surface area contributed by atoms with Crippen LogP contribution in [0.1, 0.15) is 5.56 Å². The van der Waals surface area contributed by atoms with Gasteiger partial charge in [-0.1, -0.05) is 11.6 Å². The third-order valence-electron chi connectivity index (χ3n) is 3.49. The first-order valence-corrected chi connectivity index (χ1v) is 7.67. The standard InChI is InChI=1S/C17H16ClN3O2/c18-12-1-3-13(4-2-12)21-17(22)23-14-5-6-16-15(9-14)11(7-8-19)10-20-16/h1-6,9-10,20H,7-8,19H2,(H,21,22)/p+1. The molecule has 0 spiro atoms. The van der Waals surface area contributed by atoms with Crippen molar-refractivity contribution in [1.29, 1.82) is 0 Å². The molecule has 1 aromatic heterocycles. The van der Waals surface area contributed by atoms with E-state index in [1.54, 1.807) is 30.3 Å². The summed E-state index contributed by atoms with van der Waals surface area (Å²) in [5.74, 6) is 0.494. The molecule has 0 saturated heterocycles. The van der Waals surface area contributed by atoms with Crippen LogP contribution >= 0.6 is 11.6 Å². The fraction of sp³-hybridized carbons (Fsp3) is 0.118. The normalized spacial score (nSPS) is 10.7. The second kappa shape index (κ2) is 6.73. The molecule has 1 amide bonds. The Balaban J connectivity index is 1.73. The lowest BCUT2D eigenvalue weighted by molar-refractivity contribution is -0.366. The van der Waals surface area contributed by atoms with Crippen molar-refractivity contribution in [1.82, 2.24) is 4.98 Å². The molecule has 118 valence electrons. The van der Waals surface area contributed by atoms with E-state index in [4.69, 9.17) is 16.3 Å². The monoisotopic (exact) mass is 330 g/mol. The number of aromatic nitrogens is 1. The average molecular weight is 331 g/mol. The fourth-order valence-corrected chi connectivity index (χ4v) is 2.53. The molecule has 23 heavy (non-hydrogen) atoms. The van der Waals surface area contributed by atoms with Crippen molar-refractivity contribution in [2.24, 2.45) is 0 Å². The zero-order valence-corrected chi connectivity index (χ0v) is 13.2. The lowest BCUT2D eigenvalue weighted by Gasteiger charge is -2.07. The third kappa shape index (κ3) is 3.64. The lowest BCUT2D eigenvalue weighted by atomic mass is 10.1. The number of hydrogen-bond acceptors (Lipinski definition) is 2. The summed E-state index contributed by atoms with van der Waals surface area (Å²) in [7, 11) is 0. The van der Waals surface area contributed by atoms with Crippen molar-refractivity contribution in [3.63, 3.8) is 0 Å². The first-order chi connectivity index (χ1) is 11.2. The van der Waals surface area contributed by atoms with Gasteiger partial charge in [0, 0.05) is 34.2 Å². The van der Waals surface area contributed by atoms with E-state index in [2.05, 4.69) is 16.0 Å². The minimum Gasteiger partial charge on any atom is -0.410 e. The summed E-state index contributed by atoms with van der Waals surface area (Å²) in [5, 5.41) is 4.32. The number of H-pyrrole nitrogens is 1. The molecular formula is C17H17ClN3O2+. The first kappa shape index (κ1) is 15.4. The van der Waals surface area contributed by atoms with Crippen LogP contribution in [0.2, 0.25) is 5.02 Å². The minimum absolute atomic E-state index is 0.494. The van der Waals surface area contributed by atoms with E-state index < -0.39 is 6.09 Å². The molecule has 0 saturated carbocycles. The van der Waals surface area contributed by atoms with Crippen molar-refractivity contribution in [3.8, 4) is 5.75 Å². The summed E-state index contributed by atoms with van der Waals surface area (Å²) >= 11 is 5.81. The van der Waals surface area contributed by atoms with Crippen molar-refractivity contribution in [2.45, 2.75) is 6.42 Å². The number of aromatic amines is 1. The van der Waals surface area contributed by atoms with E-state index >= 15 is 0 Å². The zero-order chi connectivity index (χ0) is 16.2. The molecule has 5 nitrogen and oxygen atoms in total. The summed E-state index contributed by atoms with van der Waals surface area (Å²) in [4.78, 5) is 15.2. The van der Waals surface area contributed by atoms with Crippen LogP contribution in [-0.2, 0) is 6.42 Å². The number of rotatable bonds is 4. The van der Waals surface area contributed by atoms with Crippen molar-refractivity contribution >= 4 is 34.3 Å². The van der Waals surface area contributed by atoms with Gasteiger partial charge in [-0.15, -0.1) is 0 Å². The van der Waals surface area contributed by atoms with E-state index in [0.717, 1.165) is 23.9 Å². The van der Waals surface area contributed by atoms with Crippen LogP contribution in [0, 0.1) is 0 Å². The van der Waals surface area contributed by atoms with Gasteiger partial charge in [0.2, 0.25) is 0 Å². The zero-order valence-electron chi connectivity index (χ0n) is 12.4. The average Bonchev–Trinajstić information content (AvgIpc) is 2.93. The van der Waals surface area contributed by atoms with E-state index in [0.29, 0.717) is 16.5 Å². The number of anilines is 1. The SMILES string of the molecule is [NH3+]CCc1c[nH]c2ccc(OC(=O)Nc3ccc(Cl)cc3)cc12. The first-order valence-electron chi connectivity index (χ1n) is 7.29. The molecule has 0 aliphatic rings. The Morgan fingerprint density at radius 1 is 1.22 bits per heavy atom. The molecule has 1 heterocycles. The van der Waals surface area contributed by atoms with Gasteiger partial charge in [-0.05, 0) is 48.0 Å². The number of nitrogens with one attached hydrogen (secondary N) is 2. The maximum Gasteiger partial charge on any atom is 0.417 e. The van der Waals surface area contributed by atoms with Crippen LogP contribution in [0.5, 0.6) is 5.75 Å². The molecule has 0 fully saturated rings. The number of amides is 1. The number of hydrogen-bond donors (Lipinski definition) is 3. The Labute approximate surface area is 138 Å². The van der Waals surface area contributed by atoms with Crippen LogP contribution in [0.25, 0.3) is 10.9 Å². The minimum atomic E-state index is -0.541. The van der Waals surface area contributed by atoms with E-state index in [1.165, 1.54) is 5.56 Å². The number of carbonyl (C=O) groups is 1. The predicted molar refractivity (Wildman–Crippen MR) is 90.9 cm³/mol. The van der Waals surface area contributed by atoms with Crippen LogP contribution in [-0.4, -0.2) is 17.6 Å². The summed E-state index contributed by atoms with van der Waals surface area (Å²) in [6.45, 7) is 0.815. The summed E-state index contributed by atoms with van der Waals surface area (Å²) in [6, 6.07) is 12.3. The number of quaternary nitrogens is 1. The molecule has 0 aliphatic carbocycles. The Morgan fingerprint density at radius 2 is 2.00 bits per heavy atom. The third-order valence-corrected chi connectivity index (χ3v) is 3.74. The quantitative estimate of drug-likeness (QED) is 0.686. The van der Waals surface area contributed by atoms with Gasteiger partial charge < -0.3 is 15.5 Å². The van der Waals surface area contributed by atoms with Gasteiger partial charge >= 0.3 is 6.09 Å². The molecule has 2 aromatic carbocycles. The fourth-order valence-electron chi connectivity index (χ4n) is 2.40. The molecule has 5 N–H and O–H groups in total. The van der Waals surface area contributed by atoms with Crippen LogP contribution in [0.4, 0.5) is 10.5 Å². The second-order valence-corrected chi connectivity index (χ2v) is 5.58. The molecule has 3 aromatic rings. The van der Waals surface area contributed by atoms with Crippen LogP contribution in [0.3, 0.4) is 0 Å². The maximum atomic E-state index is 12.0. The topological polar surface area (TPSA) is 81.8 Å². The molecule has 6 heteroatoms. The van der Waals surface area contributed by atoms with Gasteiger partial charge in [0.05, 0.1) is 6.54 Å². The van der Waals surface area contributed by atoms with E-state index in [1.807, 2.05) is 18.3 Å². The molecular weight excluding hydrogens is 314 g/mol. The van der Waals surface area contributed by atoms with Crippen molar-refractivity contribution < 1.29 is 15.3 Å². The highest BCUT2D eigenvalue weighted by Gasteiger charge is 2.09. The maximum absolute atomic E-state index is 12.0. The molecule has 0 aliphatic heterocycles. The Kier molecular flexibility index (Phi) is 4.50. The smallest absolute Gasteiger partial charge is 0.410 e. The van der Waals surface area contributed by atoms with Crippen molar-refractivity contribution in [2.75, 3.05) is 11.9 Å². The number of carbonyl (C=O) groups excluding carboxylic acids is 1. The highest BCUT2D eigenvalue weighted by atomic mass is 35.5. The summed E-state index contributed by atoms with van der Waals surface area (Å²) in [6.07, 6.45) is 2.30.